The molecule has 116 valence electrons. The van der Waals surface area contributed by atoms with Crippen molar-refractivity contribution in [1.29, 1.82) is 0 Å². The lowest BCUT2D eigenvalue weighted by Crippen LogP contribution is -2.29. The molecule has 2 aromatic rings. The van der Waals surface area contributed by atoms with Crippen molar-refractivity contribution in [1.82, 2.24) is 0 Å². The number of benzene rings is 2. The van der Waals surface area contributed by atoms with Gasteiger partial charge in [-0.05, 0) is 35.6 Å². The van der Waals surface area contributed by atoms with E-state index in [1.165, 1.54) is 5.56 Å². The van der Waals surface area contributed by atoms with E-state index in [0.717, 1.165) is 11.1 Å². The molecule has 0 saturated carbocycles. The fourth-order valence-corrected chi connectivity index (χ4v) is 2.27. The minimum absolute atomic E-state index is 0.349. The average Bonchev–Trinajstić information content (AvgIpc) is 2.49. The van der Waals surface area contributed by atoms with E-state index in [1.807, 2.05) is 49.4 Å². The van der Waals surface area contributed by atoms with E-state index in [0.29, 0.717) is 18.1 Å². The van der Waals surface area contributed by atoms with Crippen molar-refractivity contribution in [2.75, 3.05) is 0 Å². The van der Waals surface area contributed by atoms with Gasteiger partial charge in [-0.1, -0.05) is 56.3 Å². The van der Waals surface area contributed by atoms with Crippen LogP contribution in [0.25, 0.3) is 0 Å². The second kappa shape index (κ2) is 7.12. The normalized spacial score (nSPS) is 12.2. The van der Waals surface area contributed by atoms with Gasteiger partial charge >= 0.3 is 5.97 Å². The molecule has 0 bridgehead atoms. The topological polar surface area (TPSA) is 46.5 Å². The summed E-state index contributed by atoms with van der Waals surface area (Å²) in [6.45, 7) is 6.18. The highest BCUT2D eigenvalue weighted by molar-refractivity contribution is 5.73. The van der Waals surface area contributed by atoms with Gasteiger partial charge in [0.25, 0.3) is 0 Å². The number of carbonyl (C=O) groups is 1. The molecular formula is C19H22O3. The Morgan fingerprint density at radius 1 is 1.09 bits per heavy atom. The van der Waals surface area contributed by atoms with Crippen molar-refractivity contribution < 1.29 is 14.6 Å². The Hall–Kier alpha value is -2.29. The quantitative estimate of drug-likeness (QED) is 0.869. The zero-order chi connectivity index (χ0) is 16.1. The third-order valence-electron chi connectivity index (χ3n) is 3.71. The lowest BCUT2D eigenvalue weighted by molar-refractivity contribution is -0.145. The number of ether oxygens (including phenoxy) is 1. The Kier molecular flexibility index (Phi) is 5.21. The first-order valence-corrected chi connectivity index (χ1v) is 7.51. The molecule has 0 aliphatic heterocycles. The van der Waals surface area contributed by atoms with Crippen molar-refractivity contribution in [3.63, 3.8) is 0 Å². The van der Waals surface area contributed by atoms with E-state index in [4.69, 9.17) is 4.74 Å². The van der Waals surface area contributed by atoms with Gasteiger partial charge in [-0.2, -0.15) is 0 Å². The molecule has 0 radical (unpaired) electrons. The van der Waals surface area contributed by atoms with Crippen LogP contribution in [-0.4, -0.2) is 17.2 Å². The molecule has 0 amide bonds. The number of para-hydroxylation sites is 1. The van der Waals surface area contributed by atoms with Crippen LogP contribution < -0.4 is 4.74 Å². The van der Waals surface area contributed by atoms with E-state index in [-0.39, 0.29) is 0 Å². The Balaban J connectivity index is 2.12. The van der Waals surface area contributed by atoms with Crippen LogP contribution in [0.3, 0.4) is 0 Å². The van der Waals surface area contributed by atoms with Crippen LogP contribution in [0.2, 0.25) is 0 Å². The molecule has 2 rings (SSSR count). The lowest BCUT2D eigenvalue weighted by atomic mass is 9.99. The molecule has 0 aromatic heterocycles. The van der Waals surface area contributed by atoms with Crippen LogP contribution in [0.1, 0.15) is 36.5 Å². The van der Waals surface area contributed by atoms with Gasteiger partial charge in [0.15, 0.2) is 6.10 Å². The Bertz CT molecular complexity index is 629. The number of carboxylic acids is 1. The third-order valence-corrected chi connectivity index (χ3v) is 3.71. The predicted molar refractivity (Wildman–Crippen MR) is 87.5 cm³/mol. The number of aliphatic carboxylic acids is 1. The lowest BCUT2D eigenvalue weighted by Gasteiger charge is -2.17. The zero-order valence-corrected chi connectivity index (χ0v) is 13.2. The molecule has 22 heavy (non-hydrogen) atoms. The maximum atomic E-state index is 11.5. The molecule has 3 nitrogen and oxygen atoms in total. The minimum atomic E-state index is -0.948. The van der Waals surface area contributed by atoms with Gasteiger partial charge in [0.1, 0.15) is 5.75 Å². The van der Waals surface area contributed by atoms with Crippen LogP contribution in [-0.2, 0) is 11.2 Å². The molecule has 3 heteroatoms. The summed E-state index contributed by atoms with van der Waals surface area (Å²) in [7, 11) is 0. The summed E-state index contributed by atoms with van der Waals surface area (Å²) < 4.78 is 5.69. The van der Waals surface area contributed by atoms with Crippen LogP contribution >= 0.6 is 0 Å². The fraction of sp³-hybridized carbons (Fsp3) is 0.316. The van der Waals surface area contributed by atoms with Gasteiger partial charge in [0.05, 0.1) is 0 Å². The number of aryl methyl sites for hydroxylation is 1. The highest BCUT2D eigenvalue weighted by Gasteiger charge is 2.20. The summed E-state index contributed by atoms with van der Waals surface area (Å²) in [4.78, 5) is 11.5. The molecule has 0 heterocycles. The molecule has 0 aliphatic rings. The van der Waals surface area contributed by atoms with Gasteiger partial charge in [0.2, 0.25) is 0 Å². The summed E-state index contributed by atoms with van der Waals surface area (Å²) in [6, 6.07) is 15.5. The number of hydrogen-bond donors (Lipinski definition) is 1. The van der Waals surface area contributed by atoms with Gasteiger partial charge in [-0.3, -0.25) is 0 Å². The first kappa shape index (κ1) is 16.1. The summed E-state index contributed by atoms with van der Waals surface area (Å²) in [5, 5.41) is 9.40. The first-order chi connectivity index (χ1) is 10.5. The van der Waals surface area contributed by atoms with Crippen molar-refractivity contribution in [3.8, 4) is 5.75 Å². The molecule has 1 unspecified atom stereocenters. The van der Waals surface area contributed by atoms with Gasteiger partial charge in [-0.15, -0.1) is 0 Å². The summed E-state index contributed by atoms with van der Waals surface area (Å²) in [6.07, 6.45) is -0.534. The number of hydrogen-bond acceptors (Lipinski definition) is 2. The SMILES string of the molecule is Cc1ccccc1OC(Cc1ccc(C(C)C)cc1)C(=O)O. The molecule has 1 atom stereocenters. The first-order valence-electron chi connectivity index (χ1n) is 7.51. The molecular weight excluding hydrogens is 276 g/mol. The minimum Gasteiger partial charge on any atom is -0.478 e. The Morgan fingerprint density at radius 3 is 2.27 bits per heavy atom. The van der Waals surface area contributed by atoms with Crippen LogP contribution in [0.15, 0.2) is 48.5 Å². The van der Waals surface area contributed by atoms with E-state index < -0.39 is 12.1 Å². The highest BCUT2D eigenvalue weighted by atomic mass is 16.5. The summed E-state index contributed by atoms with van der Waals surface area (Å²) >= 11 is 0. The standard InChI is InChI=1S/C19H22O3/c1-13(2)16-10-8-15(9-11-16)12-18(19(20)21)22-17-7-5-4-6-14(17)3/h4-11,13,18H,12H2,1-3H3,(H,20,21). The molecule has 0 fully saturated rings. The third kappa shape index (κ3) is 4.10. The number of rotatable bonds is 6. The monoisotopic (exact) mass is 298 g/mol. The molecule has 0 saturated heterocycles. The van der Waals surface area contributed by atoms with E-state index >= 15 is 0 Å². The van der Waals surface area contributed by atoms with Gasteiger partial charge < -0.3 is 9.84 Å². The summed E-state index contributed by atoms with van der Waals surface area (Å²) in [5.74, 6) is 0.137. The van der Waals surface area contributed by atoms with Crippen molar-refractivity contribution in [3.05, 3.63) is 65.2 Å². The molecule has 0 spiro atoms. The van der Waals surface area contributed by atoms with Crippen LogP contribution in [0.5, 0.6) is 5.75 Å². The second-order valence-electron chi connectivity index (χ2n) is 5.81. The predicted octanol–water partition coefficient (Wildman–Crippen LogP) is 4.19. The van der Waals surface area contributed by atoms with Gasteiger partial charge in [0, 0.05) is 6.42 Å². The van der Waals surface area contributed by atoms with E-state index in [1.54, 1.807) is 6.07 Å². The van der Waals surface area contributed by atoms with Crippen molar-refractivity contribution >= 4 is 5.97 Å². The molecule has 0 aliphatic carbocycles. The largest absolute Gasteiger partial charge is 0.478 e. The Labute approximate surface area is 131 Å². The second-order valence-corrected chi connectivity index (χ2v) is 5.81. The van der Waals surface area contributed by atoms with E-state index in [2.05, 4.69) is 13.8 Å². The molecule has 1 N–H and O–H groups in total. The smallest absolute Gasteiger partial charge is 0.345 e. The van der Waals surface area contributed by atoms with Crippen LogP contribution in [0, 0.1) is 6.92 Å². The highest BCUT2D eigenvalue weighted by Crippen LogP contribution is 2.20. The van der Waals surface area contributed by atoms with Gasteiger partial charge in [-0.25, -0.2) is 4.79 Å². The maximum absolute atomic E-state index is 11.5. The van der Waals surface area contributed by atoms with Crippen molar-refractivity contribution in [2.24, 2.45) is 0 Å². The average molecular weight is 298 g/mol. The fourth-order valence-electron chi connectivity index (χ4n) is 2.27. The Morgan fingerprint density at radius 2 is 1.73 bits per heavy atom. The van der Waals surface area contributed by atoms with E-state index in [9.17, 15) is 9.90 Å². The number of carboxylic acid groups (broad SMARTS) is 1. The van der Waals surface area contributed by atoms with Crippen LogP contribution in [0.4, 0.5) is 0 Å². The summed E-state index contributed by atoms with van der Waals surface area (Å²) in [5.41, 5.74) is 3.14. The zero-order valence-electron chi connectivity index (χ0n) is 13.2. The maximum Gasteiger partial charge on any atom is 0.345 e. The molecule has 2 aromatic carbocycles. The van der Waals surface area contributed by atoms with Crippen molar-refractivity contribution in [2.45, 2.75) is 39.2 Å².